The normalized spacial score (nSPS) is 68.9. The highest BCUT2D eigenvalue weighted by atomic mass is 16.1. The molecule has 0 aliphatic heterocycles. The van der Waals surface area contributed by atoms with Gasteiger partial charge in [0.2, 0.25) is 0 Å². The van der Waals surface area contributed by atoms with E-state index in [0.717, 1.165) is 23.7 Å². The van der Waals surface area contributed by atoms with Gasteiger partial charge in [-0.1, -0.05) is 0 Å². The third-order valence-electron chi connectivity index (χ3n) is 4.73. The molecule has 0 N–H and O–H groups in total. The van der Waals surface area contributed by atoms with Gasteiger partial charge >= 0.3 is 0 Å². The molecule has 0 saturated heterocycles. The number of carbonyl (C=O) groups excluding carboxylic acids is 1. The molecule has 5 aliphatic rings. The maximum atomic E-state index is 11.6. The average Bonchev–Trinajstić information content (AvgIpc) is 2.69. The van der Waals surface area contributed by atoms with Crippen molar-refractivity contribution in [1.82, 2.24) is 0 Å². The summed E-state index contributed by atoms with van der Waals surface area (Å²) in [7, 11) is 0. The van der Waals surface area contributed by atoms with Gasteiger partial charge in [0, 0.05) is 11.8 Å². The zero-order chi connectivity index (χ0) is 7.16. The number of hydrogen-bond acceptors (Lipinski definition) is 1. The van der Waals surface area contributed by atoms with Crippen LogP contribution >= 0.6 is 0 Å². The zero-order valence-electron chi connectivity index (χ0n) is 6.49. The molecule has 0 radical (unpaired) electrons. The molecule has 5 fully saturated rings. The van der Waals surface area contributed by atoms with Gasteiger partial charge in [-0.25, -0.2) is 0 Å². The van der Waals surface area contributed by atoms with E-state index in [1.165, 1.54) is 19.3 Å². The van der Waals surface area contributed by atoms with E-state index in [2.05, 4.69) is 0 Å². The van der Waals surface area contributed by atoms with Gasteiger partial charge in [-0.05, 0) is 42.9 Å². The lowest BCUT2D eigenvalue weighted by atomic mass is 9.67. The summed E-state index contributed by atoms with van der Waals surface area (Å²) in [5, 5.41) is 0. The second-order valence-corrected chi connectivity index (χ2v) is 5.01. The Labute approximate surface area is 66.2 Å². The van der Waals surface area contributed by atoms with E-state index in [1.54, 1.807) is 0 Å². The molecular weight excluding hydrogens is 136 g/mol. The van der Waals surface area contributed by atoms with Gasteiger partial charge in [0.25, 0.3) is 0 Å². The second-order valence-electron chi connectivity index (χ2n) is 5.01. The molecule has 0 heterocycles. The van der Waals surface area contributed by atoms with Gasteiger partial charge in [-0.3, -0.25) is 4.79 Å². The van der Waals surface area contributed by atoms with Crippen molar-refractivity contribution in [1.29, 1.82) is 0 Å². The maximum absolute atomic E-state index is 11.6. The lowest BCUT2D eigenvalue weighted by Gasteiger charge is -2.36. The van der Waals surface area contributed by atoms with E-state index in [-0.39, 0.29) is 0 Å². The molecule has 58 valence electrons. The molecule has 4 atom stereocenters. The highest BCUT2D eigenvalue weighted by molar-refractivity contribution is 5.89. The van der Waals surface area contributed by atoms with E-state index >= 15 is 0 Å². The van der Waals surface area contributed by atoms with Crippen LogP contribution in [0.1, 0.15) is 19.3 Å². The third kappa shape index (κ3) is 0.401. The van der Waals surface area contributed by atoms with Crippen molar-refractivity contribution in [3.8, 4) is 0 Å². The van der Waals surface area contributed by atoms with E-state index in [9.17, 15) is 4.79 Å². The molecule has 0 aromatic carbocycles. The molecular formula is C10H12O. The van der Waals surface area contributed by atoms with Crippen LogP contribution in [-0.4, -0.2) is 5.78 Å². The topological polar surface area (TPSA) is 17.1 Å². The highest BCUT2D eigenvalue weighted by Crippen LogP contribution is 2.73. The molecule has 4 bridgehead atoms. The van der Waals surface area contributed by atoms with Crippen molar-refractivity contribution >= 4 is 5.78 Å². The van der Waals surface area contributed by atoms with Crippen LogP contribution in [0.15, 0.2) is 0 Å². The summed E-state index contributed by atoms with van der Waals surface area (Å²) in [5.74, 6) is 5.55. The molecule has 1 nitrogen and oxygen atoms in total. The molecule has 0 aromatic heterocycles. The minimum absolute atomic E-state index is 0.558. The highest BCUT2D eigenvalue weighted by Gasteiger charge is 2.71. The summed E-state index contributed by atoms with van der Waals surface area (Å²) in [6.45, 7) is 0. The zero-order valence-corrected chi connectivity index (χ0v) is 6.49. The molecule has 0 amide bonds. The first-order valence-corrected chi connectivity index (χ1v) is 4.90. The lowest BCUT2D eigenvalue weighted by molar-refractivity contribution is -0.131. The fourth-order valence-corrected chi connectivity index (χ4v) is 4.47. The molecule has 5 rings (SSSR count). The van der Waals surface area contributed by atoms with Crippen LogP contribution in [0.4, 0.5) is 0 Å². The van der Waals surface area contributed by atoms with Crippen molar-refractivity contribution in [3.05, 3.63) is 0 Å². The van der Waals surface area contributed by atoms with Crippen LogP contribution < -0.4 is 0 Å². The summed E-state index contributed by atoms with van der Waals surface area (Å²) in [5.41, 5.74) is 0. The van der Waals surface area contributed by atoms with Crippen molar-refractivity contribution in [2.24, 2.45) is 35.5 Å². The van der Waals surface area contributed by atoms with Gasteiger partial charge in [0.1, 0.15) is 5.78 Å². The van der Waals surface area contributed by atoms with Crippen LogP contribution in [0.3, 0.4) is 0 Å². The minimum atomic E-state index is 0.558. The van der Waals surface area contributed by atoms with E-state index < -0.39 is 0 Å². The first-order chi connectivity index (χ1) is 5.36. The Kier molecular flexibility index (Phi) is 0.630. The van der Waals surface area contributed by atoms with Crippen LogP contribution in [-0.2, 0) is 4.79 Å². The predicted molar refractivity (Wildman–Crippen MR) is 39.8 cm³/mol. The second kappa shape index (κ2) is 1.30. The SMILES string of the molecule is O=C1C2CC3CC1C1C(C3)C21. The summed E-state index contributed by atoms with van der Waals surface area (Å²) in [6, 6.07) is 0. The molecule has 5 aliphatic carbocycles. The molecule has 11 heavy (non-hydrogen) atoms. The van der Waals surface area contributed by atoms with Crippen LogP contribution in [0.2, 0.25) is 0 Å². The minimum Gasteiger partial charge on any atom is -0.299 e. The van der Waals surface area contributed by atoms with Gasteiger partial charge in [-0.15, -0.1) is 0 Å². The number of carbonyl (C=O) groups is 1. The molecule has 0 spiro atoms. The Morgan fingerprint density at radius 3 is 2.27 bits per heavy atom. The molecule has 5 saturated carbocycles. The summed E-state index contributed by atoms with van der Waals surface area (Å²) >= 11 is 0. The van der Waals surface area contributed by atoms with Crippen LogP contribution in [0, 0.1) is 35.5 Å². The fraction of sp³-hybridized carbons (Fsp3) is 0.900. The van der Waals surface area contributed by atoms with Crippen molar-refractivity contribution in [3.63, 3.8) is 0 Å². The monoisotopic (exact) mass is 148 g/mol. The number of rotatable bonds is 0. The average molecular weight is 148 g/mol. The van der Waals surface area contributed by atoms with Crippen LogP contribution in [0.5, 0.6) is 0 Å². The smallest absolute Gasteiger partial charge is 0.139 e. The van der Waals surface area contributed by atoms with Gasteiger partial charge in [0.05, 0.1) is 0 Å². The first-order valence-electron chi connectivity index (χ1n) is 4.90. The Morgan fingerprint density at radius 2 is 1.64 bits per heavy atom. The quantitative estimate of drug-likeness (QED) is 0.508. The van der Waals surface area contributed by atoms with Gasteiger partial charge < -0.3 is 0 Å². The summed E-state index contributed by atoms with van der Waals surface area (Å²) in [6.07, 6.45) is 4.02. The third-order valence-corrected chi connectivity index (χ3v) is 4.73. The van der Waals surface area contributed by atoms with Crippen LogP contribution in [0.25, 0.3) is 0 Å². The molecule has 1 heteroatoms. The summed E-state index contributed by atoms with van der Waals surface area (Å²) in [4.78, 5) is 11.6. The van der Waals surface area contributed by atoms with E-state index in [4.69, 9.17) is 0 Å². The Hall–Kier alpha value is -0.330. The van der Waals surface area contributed by atoms with Gasteiger partial charge in [0.15, 0.2) is 0 Å². The number of hydrogen-bond donors (Lipinski definition) is 0. The van der Waals surface area contributed by atoms with Crippen molar-refractivity contribution in [2.45, 2.75) is 19.3 Å². The predicted octanol–water partition coefficient (Wildman–Crippen LogP) is 1.48. The van der Waals surface area contributed by atoms with E-state index in [0.29, 0.717) is 17.6 Å². The molecule has 0 aromatic rings. The number of ketones is 1. The first kappa shape index (κ1) is 5.34. The van der Waals surface area contributed by atoms with E-state index in [1.807, 2.05) is 0 Å². The van der Waals surface area contributed by atoms with Gasteiger partial charge in [-0.2, -0.15) is 0 Å². The summed E-state index contributed by atoms with van der Waals surface area (Å²) < 4.78 is 0. The molecule has 4 unspecified atom stereocenters. The Bertz CT molecular complexity index is 236. The Balaban J connectivity index is 1.91. The van der Waals surface area contributed by atoms with Crippen molar-refractivity contribution < 1.29 is 4.79 Å². The largest absolute Gasteiger partial charge is 0.299 e. The van der Waals surface area contributed by atoms with Crippen molar-refractivity contribution in [2.75, 3.05) is 0 Å². The maximum Gasteiger partial charge on any atom is 0.139 e. The number of Topliss-reactive ketones (excluding diaryl/α,β-unsaturated/α-hetero) is 1. The lowest BCUT2D eigenvalue weighted by Crippen LogP contribution is -2.36. The fourth-order valence-electron chi connectivity index (χ4n) is 4.47. The standard InChI is InChI=1S/C10H12O/c11-10-6-2-4-1-5-8(6)9(5)7(10)3-4/h4-9H,1-3H2. The Morgan fingerprint density at radius 1 is 1.00 bits per heavy atom.